The Labute approximate surface area is 167 Å². The minimum Gasteiger partial charge on any atom is -0.493 e. The first kappa shape index (κ1) is 17.1. The van der Waals surface area contributed by atoms with Crippen molar-refractivity contribution < 1.29 is 9.47 Å². The molecule has 0 aliphatic heterocycles. The van der Waals surface area contributed by atoms with E-state index in [9.17, 15) is 0 Å². The molecule has 0 fully saturated rings. The molecule has 0 spiro atoms. The van der Waals surface area contributed by atoms with Gasteiger partial charge >= 0.3 is 0 Å². The highest BCUT2D eigenvalue weighted by Gasteiger charge is 2.13. The van der Waals surface area contributed by atoms with Crippen LogP contribution in [-0.2, 0) is 0 Å². The average Bonchev–Trinajstić information content (AvgIpc) is 3.40. The Bertz CT molecular complexity index is 1320. The summed E-state index contributed by atoms with van der Waals surface area (Å²) in [5.41, 5.74) is 4.70. The summed E-state index contributed by atoms with van der Waals surface area (Å²) < 4.78 is 12.8. The van der Waals surface area contributed by atoms with Gasteiger partial charge in [0.2, 0.25) is 0 Å². The van der Waals surface area contributed by atoms with Gasteiger partial charge in [0.05, 0.1) is 26.1 Å². The highest BCUT2D eigenvalue weighted by atomic mass is 16.5. The summed E-state index contributed by atoms with van der Waals surface area (Å²) in [7, 11) is 3.25. The van der Waals surface area contributed by atoms with Crippen molar-refractivity contribution in [3.05, 3.63) is 67.3 Å². The van der Waals surface area contributed by atoms with Crippen LogP contribution in [0.4, 0.5) is 11.5 Å². The SMILES string of the molecule is COc1ccc(-c2cnc3c(Nc4ccc5[nH]ccc5c4)nccn23)cc1OC. The van der Waals surface area contributed by atoms with E-state index in [0.717, 1.165) is 33.5 Å². The second-order valence-corrected chi connectivity index (χ2v) is 6.59. The maximum atomic E-state index is 5.44. The number of aromatic amines is 1. The highest BCUT2D eigenvalue weighted by Crippen LogP contribution is 2.33. The molecule has 29 heavy (non-hydrogen) atoms. The number of H-pyrrole nitrogens is 1. The van der Waals surface area contributed by atoms with Gasteiger partial charge in [0, 0.05) is 40.7 Å². The second-order valence-electron chi connectivity index (χ2n) is 6.59. The van der Waals surface area contributed by atoms with Gasteiger partial charge in [-0.05, 0) is 42.5 Å². The van der Waals surface area contributed by atoms with Crippen LogP contribution in [0.15, 0.2) is 67.3 Å². The number of hydrogen-bond acceptors (Lipinski definition) is 5. The van der Waals surface area contributed by atoms with Crippen LogP contribution in [0, 0.1) is 0 Å². The molecule has 2 N–H and O–H groups in total. The average molecular weight is 385 g/mol. The van der Waals surface area contributed by atoms with Crippen LogP contribution in [0.25, 0.3) is 27.8 Å². The van der Waals surface area contributed by atoms with Gasteiger partial charge in [0.15, 0.2) is 23.0 Å². The number of ether oxygens (including phenoxy) is 2. The summed E-state index contributed by atoms with van der Waals surface area (Å²) in [4.78, 5) is 12.3. The lowest BCUT2D eigenvalue weighted by molar-refractivity contribution is 0.355. The first-order valence-corrected chi connectivity index (χ1v) is 9.15. The Morgan fingerprint density at radius 2 is 1.86 bits per heavy atom. The molecular formula is C22H19N5O2. The molecule has 0 aliphatic carbocycles. The maximum absolute atomic E-state index is 5.44. The number of nitrogens with zero attached hydrogens (tertiary/aromatic N) is 3. The van der Waals surface area contributed by atoms with E-state index in [0.29, 0.717) is 17.3 Å². The topological polar surface area (TPSA) is 76.5 Å². The molecule has 2 aromatic carbocycles. The Hall–Kier alpha value is -4.00. The van der Waals surface area contributed by atoms with E-state index in [1.54, 1.807) is 20.4 Å². The molecule has 0 unspecified atom stereocenters. The molecule has 0 saturated heterocycles. The number of fused-ring (bicyclic) bond motifs is 2. The van der Waals surface area contributed by atoms with Crippen LogP contribution >= 0.6 is 0 Å². The van der Waals surface area contributed by atoms with Crippen molar-refractivity contribution in [2.45, 2.75) is 0 Å². The largest absolute Gasteiger partial charge is 0.493 e. The molecule has 0 saturated carbocycles. The van der Waals surface area contributed by atoms with Gasteiger partial charge in [-0.25, -0.2) is 9.97 Å². The quantitative estimate of drug-likeness (QED) is 0.461. The van der Waals surface area contributed by atoms with Crippen LogP contribution in [0.1, 0.15) is 0 Å². The van der Waals surface area contributed by atoms with E-state index in [-0.39, 0.29) is 0 Å². The molecule has 5 rings (SSSR count). The van der Waals surface area contributed by atoms with Gasteiger partial charge in [0.25, 0.3) is 0 Å². The lowest BCUT2D eigenvalue weighted by atomic mass is 10.1. The zero-order valence-electron chi connectivity index (χ0n) is 16.0. The fourth-order valence-electron chi connectivity index (χ4n) is 3.48. The number of nitrogens with one attached hydrogen (secondary N) is 2. The first-order valence-electron chi connectivity index (χ1n) is 9.15. The van der Waals surface area contributed by atoms with Crippen LogP contribution in [0.3, 0.4) is 0 Å². The fourth-order valence-corrected chi connectivity index (χ4v) is 3.48. The Balaban J connectivity index is 1.55. The van der Waals surface area contributed by atoms with Gasteiger partial charge in [-0.3, -0.25) is 4.40 Å². The van der Waals surface area contributed by atoms with Gasteiger partial charge < -0.3 is 19.8 Å². The molecule has 144 valence electrons. The Kier molecular flexibility index (Phi) is 4.05. The normalized spacial score (nSPS) is 11.1. The van der Waals surface area contributed by atoms with E-state index in [4.69, 9.17) is 9.47 Å². The third-order valence-electron chi connectivity index (χ3n) is 4.92. The summed E-state index contributed by atoms with van der Waals surface area (Å²) >= 11 is 0. The Morgan fingerprint density at radius 1 is 0.966 bits per heavy atom. The van der Waals surface area contributed by atoms with Crippen molar-refractivity contribution >= 4 is 28.1 Å². The molecule has 0 radical (unpaired) electrons. The molecule has 0 aliphatic rings. The van der Waals surface area contributed by atoms with Crippen LogP contribution in [0.5, 0.6) is 11.5 Å². The zero-order chi connectivity index (χ0) is 19.8. The third-order valence-corrected chi connectivity index (χ3v) is 4.92. The van der Waals surface area contributed by atoms with Crippen molar-refractivity contribution in [1.82, 2.24) is 19.4 Å². The summed E-state index contributed by atoms with van der Waals surface area (Å²) in [5.74, 6) is 2.05. The van der Waals surface area contributed by atoms with Crippen molar-refractivity contribution in [2.24, 2.45) is 0 Å². The minimum absolute atomic E-state index is 0.673. The molecule has 7 nitrogen and oxygen atoms in total. The monoisotopic (exact) mass is 385 g/mol. The lowest BCUT2D eigenvalue weighted by Crippen LogP contribution is -1.98. The molecule has 7 heteroatoms. The number of anilines is 2. The third kappa shape index (κ3) is 2.93. The number of imidazole rings is 1. The van der Waals surface area contributed by atoms with Crippen LogP contribution in [-0.4, -0.2) is 33.6 Å². The van der Waals surface area contributed by atoms with E-state index < -0.39 is 0 Å². The summed E-state index contributed by atoms with van der Waals surface area (Å²) in [6, 6.07) is 14.0. The van der Waals surface area contributed by atoms with Gasteiger partial charge in [-0.2, -0.15) is 0 Å². The number of rotatable bonds is 5. The summed E-state index contributed by atoms with van der Waals surface area (Å²) in [6.07, 6.45) is 7.42. The molecule has 0 atom stereocenters. The Morgan fingerprint density at radius 3 is 2.72 bits per heavy atom. The molecule has 0 bridgehead atoms. The van der Waals surface area contributed by atoms with Gasteiger partial charge in [0.1, 0.15) is 0 Å². The van der Waals surface area contributed by atoms with E-state index in [1.165, 1.54) is 0 Å². The van der Waals surface area contributed by atoms with Crippen LogP contribution < -0.4 is 14.8 Å². The van der Waals surface area contributed by atoms with E-state index >= 15 is 0 Å². The predicted molar refractivity (Wildman–Crippen MR) is 113 cm³/mol. The lowest BCUT2D eigenvalue weighted by Gasteiger charge is -2.10. The summed E-state index contributed by atoms with van der Waals surface area (Å²) in [6.45, 7) is 0. The van der Waals surface area contributed by atoms with Crippen molar-refractivity contribution in [3.63, 3.8) is 0 Å². The molecule has 3 aromatic heterocycles. The maximum Gasteiger partial charge on any atom is 0.180 e. The number of benzene rings is 2. The number of methoxy groups -OCH3 is 2. The number of aromatic nitrogens is 4. The van der Waals surface area contributed by atoms with E-state index in [2.05, 4.69) is 26.3 Å². The smallest absolute Gasteiger partial charge is 0.180 e. The van der Waals surface area contributed by atoms with E-state index in [1.807, 2.05) is 59.4 Å². The molecule has 0 amide bonds. The number of hydrogen-bond donors (Lipinski definition) is 2. The fraction of sp³-hybridized carbons (Fsp3) is 0.0909. The second kappa shape index (κ2) is 6.87. The molecule has 3 heterocycles. The molecule has 5 aromatic rings. The highest BCUT2D eigenvalue weighted by molar-refractivity contribution is 5.85. The first-order chi connectivity index (χ1) is 14.3. The summed E-state index contributed by atoms with van der Waals surface area (Å²) in [5, 5.41) is 4.52. The zero-order valence-corrected chi connectivity index (χ0v) is 16.0. The minimum atomic E-state index is 0.673. The standard InChI is InChI=1S/C22H19N5O2/c1-28-19-6-3-15(12-20(19)29-2)18-13-25-22-21(24-9-10-27(18)22)26-16-4-5-17-14(11-16)7-8-23-17/h3-13,23H,1-2H3,(H,24,26). The van der Waals surface area contributed by atoms with Crippen molar-refractivity contribution in [3.8, 4) is 22.8 Å². The van der Waals surface area contributed by atoms with Gasteiger partial charge in [-0.15, -0.1) is 0 Å². The van der Waals surface area contributed by atoms with Crippen LogP contribution in [0.2, 0.25) is 0 Å². The van der Waals surface area contributed by atoms with Crippen molar-refractivity contribution in [1.29, 1.82) is 0 Å². The van der Waals surface area contributed by atoms with Gasteiger partial charge in [-0.1, -0.05) is 0 Å². The van der Waals surface area contributed by atoms with Crippen molar-refractivity contribution in [2.75, 3.05) is 19.5 Å². The molecular weight excluding hydrogens is 366 g/mol. The predicted octanol–water partition coefficient (Wildman–Crippen LogP) is 4.64.